The number of rotatable bonds is 41. The van der Waals surface area contributed by atoms with Crippen LogP contribution in [-0.4, -0.2) is 49.9 Å². The lowest BCUT2D eigenvalue weighted by Gasteiger charge is -2.20. The van der Waals surface area contributed by atoms with Crippen molar-refractivity contribution in [2.45, 2.75) is 206 Å². The first kappa shape index (κ1) is 50.0. The van der Waals surface area contributed by atoms with E-state index in [1.54, 1.807) is 0 Å². The summed E-state index contributed by atoms with van der Waals surface area (Å²) in [6.07, 6.45) is 43.3. The van der Waals surface area contributed by atoms with Crippen molar-refractivity contribution in [1.29, 1.82) is 0 Å². The molecule has 0 aliphatic rings. The first-order chi connectivity index (χ1) is 24.9. The molecule has 0 aliphatic carbocycles. The molecule has 51 heavy (non-hydrogen) atoms. The second-order valence-corrected chi connectivity index (χ2v) is 15.7. The summed E-state index contributed by atoms with van der Waals surface area (Å²) in [4.78, 5) is 22.4. The summed E-state index contributed by atoms with van der Waals surface area (Å²) in [7, 11) is -4.27. The molecule has 0 saturated heterocycles. The molecule has 0 bridgehead atoms. The fourth-order valence-electron chi connectivity index (χ4n) is 5.93. The number of carbonyl (C=O) groups excluding carboxylic acids is 1. The highest BCUT2D eigenvalue weighted by atomic mass is 31.2. The van der Waals surface area contributed by atoms with Crippen molar-refractivity contribution in [1.82, 2.24) is 0 Å². The maximum atomic E-state index is 12.6. The Bertz CT molecular complexity index is 838. The van der Waals surface area contributed by atoms with Gasteiger partial charge in [0, 0.05) is 19.6 Å². The predicted octanol–water partition coefficient (Wildman–Crippen LogP) is 12.5. The fourth-order valence-corrected chi connectivity index (χ4v) is 6.69. The highest BCUT2D eigenvalue weighted by molar-refractivity contribution is 7.47. The minimum absolute atomic E-state index is 0.0964. The van der Waals surface area contributed by atoms with Gasteiger partial charge in [0.05, 0.1) is 19.8 Å². The molecule has 0 aliphatic heterocycles. The minimum atomic E-state index is -4.27. The van der Waals surface area contributed by atoms with Crippen molar-refractivity contribution >= 4 is 13.8 Å². The van der Waals surface area contributed by atoms with E-state index in [1.165, 1.54) is 135 Å². The van der Waals surface area contributed by atoms with E-state index in [2.05, 4.69) is 38.2 Å². The van der Waals surface area contributed by atoms with Gasteiger partial charge >= 0.3 is 13.8 Å². The Morgan fingerprint density at radius 2 is 0.980 bits per heavy atom. The summed E-state index contributed by atoms with van der Waals surface area (Å²) in [6, 6.07) is 0. The quantitative estimate of drug-likeness (QED) is 0.0275. The molecule has 0 spiro atoms. The van der Waals surface area contributed by atoms with Gasteiger partial charge in [-0.25, -0.2) is 4.57 Å². The lowest BCUT2D eigenvalue weighted by molar-refractivity contribution is -0.154. The summed E-state index contributed by atoms with van der Waals surface area (Å²) in [5.74, 6) is -0.339. The molecule has 2 unspecified atom stereocenters. The van der Waals surface area contributed by atoms with Crippen LogP contribution >= 0.6 is 7.82 Å². The number of esters is 1. The van der Waals surface area contributed by atoms with Crippen LogP contribution in [0.1, 0.15) is 200 Å². The van der Waals surface area contributed by atoms with E-state index in [-0.39, 0.29) is 32.3 Å². The number of phosphoric acid groups is 1. The molecule has 0 radical (unpaired) electrons. The Hall–Kier alpha value is -1.02. The standard InChI is InChI=1S/C42H82NO7P/c1-3-5-7-9-11-13-15-17-19-20-21-22-24-26-28-30-32-34-37-47-39-41(40-49-51(45,46)48-38-36-43)50-42(44)35-33-31-29-27-25-23-18-16-14-12-10-8-6-4-2/h16-19,41H,3-15,20-40,43H2,1-2H3,(H,45,46)/b18-16-,19-17-. The van der Waals surface area contributed by atoms with Crippen molar-refractivity contribution in [2.24, 2.45) is 5.73 Å². The highest BCUT2D eigenvalue weighted by Crippen LogP contribution is 2.43. The molecule has 0 aromatic heterocycles. The SMILES string of the molecule is CCCCCCC/C=C\CCCCCCCC(=O)OC(COCCCCCCCCCC/C=C\CCCCCCCC)COP(=O)(O)OCCN. The molecule has 0 amide bonds. The fraction of sp³-hybridized carbons (Fsp3) is 0.881. The summed E-state index contributed by atoms with van der Waals surface area (Å²) < 4.78 is 33.4. The normalized spacial score (nSPS) is 13.7. The second-order valence-electron chi connectivity index (χ2n) is 14.2. The topological polar surface area (TPSA) is 117 Å². The first-order valence-corrected chi connectivity index (χ1v) is 22.8. The maximum Gasteiger partial charge on any atom is 0.472 e. The van der Waals surface area contributed by atoms with Crippen LogP contribution in [0.25, 0.3) is 0 Å². The van der Waals surface area contributed by atoms with Crippen LogP contribution in [0.2, 0.25) is 0 Å². The van der Waals surface area contributed by atoms with Gasteiger partial charge in [0.2, 0.25) is 0 Å². The van der Waals surface area contributed by atoms with Crippen molar-refractivity contribution in [3.63, 3.8) is 0 Å². The van der Waals surface area contributed by atoms with Crippen LogP contribution in [0.15, 0.2) is 24.3 Å². The second kappa shape index (κ2) is 40.2. The van der Waals surface area contributed by atoms with Gasteiger partial charge in [0.15, 0.2) is 0 Å². The van der Waals surface area contributed by atoms with Crippen LogP contribution in [-0.2, 0) is 27.9 Å². The zero-order valence-electron chi connectivity index (χ0n) is 33.3. The number of nitrogens with two attached hydrogens (primary N) is 1. The lowest BCUT2D eigenvalue weighted by Crippen LogP contribution is -2.28. The summed E-state index contributed by atoms with van der Waals surface area (Å²) >= 11 is 0. The van der Waals surface area contributed by atoms with Gasteiger partial charge < -0.3 is 20.1 Å². The Balaban J connectivity index is 4.03. The van der Waals surface area contributed by atoms with Crippen LogP contribution in [0, 0.1) is 0 Å². The molecule has 3 N–H and O–H groups in total. The van der Waals surface area contributed by atoms with Crippen molar-refractivity contribution in [3.05, 3.63) is 24.3 Å². The van der Waals surface area contributed by atoms with Gasteiger partial charge in [-0.05, 0) is 64.2 Å². The Labute approximate surface area is 315 Å². The van der Waals surface area contributed by atoms with Crippen molar-refractivity contribution < 1.29 is 32.8 Å². The molecule has 302 valence electrons. The summed E-state index contributed by atoms with van der Waals surface area (Å²) in [5, 5.41) is 0. The smallest absolute Gasteiger partial charge is 0.457 e. The number of carbonyl (C=O) groups is 1. The Morgan fingerprint density at radius 3 is 1.43 bits per heavy atom. The van der Waals surface area contributed by atoms with E-state index in [0.717, 1.165) is 44.9 Å². The van der Waals surface area contributed by atoms with Gasteiger partial charge in [-0.1, -0.05) is 154 Å². The van der Waals surface area contributed by atoms with Crippen LogP contribution in [0.4, 0.5) is 0 Å². The summed E-state index contributed by atoms with van der Waals surface area (Å²) in [5.41, 5.74) is 5.36. The zero-order valence-corrected chi connectivity index (χ0v) is 34.2. The number of allylic oxidation sites excluding steroid dienone is 4. The molecule has 0 saturated carbocycles. The van der Waals surface area contributed by atoms with Crippen LogP contribution in [0.3, 0.4) is 0 Å². The zero-order chi connectivity index (χ0) is 37.4. The van der Waals surface area contributed by atoms with Gasteiger partial charge in [-0.3, -0.25) is 13.8 Å². The van der Waals surface area contributed by atoms with Gasteiger partial charge in [0.1, 0.15) is 6.10 Å². The highest BCUT2D eigenvalue weighted by Gasteiger charge is 2.25. The number of hydrogen-bond donors (Lipinski definition) is 2. The molecular formula is C42H82NO7P. The predicted molar refractivity (Wildman–Crippen MR) is 215 cm³/mol. The van der Waals surface area contributed by atoms with E-state index in [9.17, 15) is 14.3 Å². The largest absolute Gasteiger partial charge is 0.472 e. The van der Waals surface area contributed by atoms with Gasteiger partial charge in [-0.2, -0.15) is 0 Å². The van der Waals surface area contributed by atoms with E-state index in [4.69, 9.17) is 24.3 Å². The molecule has 0 aromatic carbocycles. The molecule has 0 heterocycles. The average molecular weight is 744 g/mol. The molecule has 0 aromatic rings. The van der Waals surface area contributed by atoms with Crippen LogP contribution in [0.5, 0.6) is 0 Å². The van der Waals surface area contributed by atoms with Crippen molar-refractivity contribution in [3.8, 4) is 0 Å². The van der Waals surface area contributed by atoms with Crippen molar-refractivity contribution in [2.75, 3.05) is 33.0 Å². The monoisotopic (exact) mass is 744 g/mol. The van der Waals surface area contributed by atoms with E-state index in [0.29, 0.717) is 13.0 Å². The third kappa shape index (κ3) is 40.0. The lowest BCUT2D eigenvalue weighted by atomic mass is 10.1. The molecule has 2 atom stereocenters. The number of hydrogen-bond acceptors (Lipinski definition) is 7. The van der Waals surface area contributed by atoms with Gasteiger partial charge in [0.25, 0.3) is 0 Å². The molecule has 0 fully saturated rings. The Morgan fingerprint density at radius 1 is 0.569 bits per heavy atom. The maximum absolute atomic E-state index is 12.6. The van der Waals surface area contributed by atoms with E-state index in [1.807, 2.05) is 0 Å². The average Bonchev–Trinajstić information content (AvgIpc) is 3.12. The third-order valence-electron chi connectivity index (χ3n) is 9.09. The summed E-state index contributed by atoms with van der Waals surface area (Å²) in [6.45, 7) is 4.91. The Kier molecular flexibility index (Phi) is 39.4. The molecule has 8 nitrogen and oxygen atoms in total. The molecule has 9 heteroatoms. The van der Waals surface area contributed by atoms with E-state index < -0.39 is 13.9 Å². The molecular weight excluding hydrogens is 661 g/mol. The van der Waals surface area contributed by atoms with Gasteiger partial charge in [-0.15, -0.1) is 0 Å². The first-order valence-electron chi connectivity index (χ1n) is 21.3. The number of unbranched alkanes of at least 4 members (excludes halogenated alkanes) is 24. The minimum Gasteiger partial charge on any atom is -0.457 e. The molecule has 0 rings (SSSR count). The number of phosphoric ester groups is 1. The number of ether oxygens (including phenoxy) is 2. The van der Waals surface area contributed by atoms with Crippen LogP contribution < -0.4 is 5.73 Å². The third-order valence-corrected chi connectivity index (χ3v) is 10.1. The van der Waals surface area contributed by atoms with E-state index >= 15 is 0 Å².